The maximum atomic E-state index is 12.5. The monoisotopic (exact) mass is 301 g/mol. The molecular weight excluding hydrogens is 278 g/mol. The van der Waals surface area contributed by atoms with E-state index in [-0.39, 0.29) is 12.1 Å². The predicted octanol–water partition coefficient (Wildman–Crippen LogP) is 3.37. The van der Waals surface area contributed by atoms with Gasteiger partial charge in [0, 0.05) is 32.0 Å². The fraction of sp³-hybridized carbons (Fsp3) is 0.529. The third-order valence-corrected chi connectivity index (χ3v) is 4.02. The lowest BCUT2D eigenvalue weighted by Crippen LogP contribution is -2.46. The van der Waals surface area contributed by atoms with Crippen LogP contribution in [0.2, 0.25) is 0 Å². The minimum absolute atomic E-state index is 0.0720. The quantitative estimate of drug-likeness (QED) is 0.848. The number of anilines is 1. The molecule has 1 fully saturated rings. The number of carbonyl (C=O) groups excluding carboxylic acids is 1. The van der Waals surface area contributed by atoms with Gasteiger partial charge in [-0.05, 0) is 50.3 Å². The third kappa shape index (κ3) is 4.47. The van der Waals surface area contributed by atoms with E-state index in [1.807, 2.05) is 11.0 Å². The van der Waals surface area contributed by atoms with Crippen molar-refractivity contribution in [2.75, 3.05) is 25.6 Å². The van der Waals surface area contributed by atoms with Gasteiger partial charge in [-0.1, -0.05) is 6.07 Å². The second kappa shape index (κ2) is 8.40. The summed E-state index contributed by atoms with van der Waals surface area (Å²) >= 11 is 0. The summed E-state index contributed by atoms with van der Waals surface area (Å²) in [5.41, 5.74) is 1.22. The first-order valence-electron chi connectivity index (χ1n) is 7.81. The molecule has 1 unspecified atom stereocenters. The molecule has 0 spiro atoms. The molecule has 1 atom stereocenters. The first-order valence-corrected chi connectivity index (χ1v) is 7.81. The van der Waals surface area contributed by atoms with Crippen LogP contribution in [0.3, 0.4) is 0 Å². The molecule has 0 aromatic heterocycles. The molecule has 2 amide bonds. The Kier molecular flexibility index (Phi) is 6.23. The Hall–Kier alpha value is -2.06. The lowest BCUT2D eigenvalue weighted by atomic mass is 9.98. The zero-order valence-corrected chi connectivity index (χ0v) is 13.0. The van der Waals surface area contributed by atoms with E-state index in [4.69, 9.17) is 10.00 Å². The third-order valence-electron chi connectivity index (χ3n) is 4.02. The van der Waals surface area contributed by atoms with Crippen molar-refractivity contribution in [1.82, 2.24) is 4.90 Å². The van der Waals surface area contributed by atoms with Gasteiger partial charge in [-0.3, -0.25) is 0 Å². The van der Waals surface area contributed by atoms with Crippen molar-refractivity contribution in [3.05, 3.63) is 29.8 Å². The minimum atomic E-state index is -0.0720. The summed E-state index contributed by atoms with van der Waals surface area (Å²) in [4.78, 5) is 14.4. The number of hydrogen-bond donors (Lipinski definition) is 1. The largest absolute Gasteiger partial charge is 0.385 e. The normalized spacial score (nSPS) is 17.8. The van der Waals surface area contributed by atoms with Crippen molar-refractivity contribution in [1.29, 1.82) is 5.26 Å². The molecule has 1 saturated heterocycles. The van der Waals surface area contributed by atoms with E-state index in [0.29, 0.717) is 11.3 Å². The Morgan fingerprint density at radius 3 is 3.14 bits per heavy atom. The smallest absolute Gasteiger partial charge is 0.322 e. The molecule has 2 rings (SSSR count). The highest BCUT2D eigenvalue weighted by atomic mass is 16.5. The molecule has 5 nitrogen and oxygen atoms in total. The minimum Gasteiger partial charge on any atom is -0.385 e. The number of benzene rings is 1. The summed E-state index contributed by atoms with van der Waals surface area (Å²) in [7, 11) is 1.70. The number of ether oxygens (including phenoxy) is 1. The molecule has 1 heterocycles. The van der Waals surface area contributed by atoms with Gasteiger partial charge in [-0.2, -0.15) is 5.26 Å². The zero-order valence-electron chi connectivity index (χ0n) is 13.0. The predicted molar refractivity (Wildman–Crippen MR) is 85.6 cm³/mol. The van der Waals surface area contributed by atoms with Crippen molar-refractivity contribution in [3.63, 3.8) is 0 Å². The Morgan fingerprint density at radius 1 is 1.50 bits per heavy atom. The molecule has 1 aromatic carbocycles. The maximum absolute atomic E-state index is 12.5. The number of rotatable bonds is 5. The van der Waals surface area contributed by atoms with Crippen LogP contribution in [-0.2, 0) is 4.74 Å². The molecule has 1 N–H and O–H groups in total. The van der Waals surface area contributed by atoms with Crippen LogP contribution < -0.4 is 5.32 Å². The molecule has 1 aliphatic heterocycles. The standard InChI is InChI=1S/C17H23N3O2/c1-22-11-5-9-16-8-2-3-10-20(16)17(21)19-15-7-4-6-14(12-15)13-18/h4,6-7,12,16H,2-3,5,8-11H2,1H3,(H,19,21). The van der Waals surface area contributed by atoms with Gasteiger partial charge in [-0.25, -0.2) is 4.79 Å². The number of methoxy groups -OCH3 is 1. The summed E-state index contributed by atoms with van der Waals surface area (Å²) in [6, 6.07) is 9.30. The van der Waals surface area contributed by atoms with Crippen LogP contribution in [0.1, 0.15) is 37.7 Å². The molecule has 0 saturated carbocycles. The van der Waals surface area contributed by atoms with Crippen LogP contribution in [0.5, 0.6) is 0 Å². The van der Waals surface area contributed by atoms with Gasteiger partial charge >= 0.3 is 6.03 Å². The number of piperidine rings is 1. The number of likely N-dealkylation sites (tertiary alicyclic amines) is 1. The molecule has 5 heteroatoms. The van der Waals surface area contributed by atoms with Crippen molar-refractivity contribution >= 4 is 11.7 Å². The number of carbonyl (C=O) groups is 1. The van der Waals surface area contributed by atoms with Crippen LogP contribution >= 0.6 is 0 Å². The van der Waals surface area contributed by atoms with Gasteiger partial charge in [0.1, 0.15) is 0 Å². The van der Waals surface area contributed by atoms with E-state index in [1.165, 1.54) is 6.42 Å². The van der Waals surface area contributed by atoms with E-state index in [2.05, 4.69) is 11.4 Å². The van der Waals surface area contributed by atoms with E-state index < -0.39 is 0 Å². The first kappa shape index (κ1) is 16.3. The highest BCUT2D eigenvalue weighted by Crippen LogP contribution is 2.22. The lowest BCUT2D eigenvalue weighted by Gasteiger charge is -2.35. The summed E-state index contributed by atoms with van der Waals surface area (Å²) in [5.74, 6) is 0. The summed E-state index contributed by atoms with van der Waals surface area (Å²) in [5, 5.41) is 11.8. The Labute approximate surface area is 131 Å². The topological polar surface area (TPSA) is 65.4 Å². The maximum Gasteiger partial charge on any atom is 0.322 e. The van der Waals surface area contributed by atoms with Gasteiger partial charge < -0.3 is 15.0 Å². The summed E-state index contributed by atoms with van der Waals surface area (Å²) in [6.07, 6.45) is 5.21. The fourth-order valence-electron chi connectivity index (χ4n) is 2.89. The van der Waals surface area contributed by atoms with Gasteiger partial charge in [-0.15, -0.1) is 0 Å². The van der Waals surface area contributed by atoms with Crippen LogP contribution in [-0.4, -0.2) is 37.2 Å². The first-order chi connectivity index (χ1) is 10.7. The molecule has 1 aliphatic rings. The van der Waals surface area contributed by atoms with Gasteiger partial charge in [0.25, 0.3) is 0 Å². The average molecular weight is 301 g/mol. The fourth-order valence-corrected chi connectivity index (χ4v) is 2.89. The van der Waals surface area contributed by atoms with Crippen molar-refractivity contribution < 1.29 is 9.53 Å². The number of urea groups is 1. The molecular formula is C17H23N3O2. The van der Waals surface area contributed by atoms with E-state index in [9.17, 15) is 4.79 Å². The molecule has 0 radical (unpaired) electrons. The zero-order chi connectivity index (χ0) is 15.8. The van der Waals surface area contributed by atoms with Crippen LogP contribution in [0, 0.1) is 11.3 Å². The number of nitriles is 1. The van der Waals surface area contributed by atoms with Gasteiger partial charge in [0.05, 0.1) is 11.6 Å². The van der Waals surface area contributed by atoms with Gasteiger partial charge in [0.15, 0.2) is 0 Å². The van der Waals surface area contributed by atoms with Crippen LogP contribution in [0.25, 0.3) is 0 Å². The molecule has 118 valence electrons. The highest BCUT2D eigenvalue weighted by molar-refractivity contribution is 5.89. The summed E-state index contributed by atoms with van der Waals surface area (Å²) < 4.78 is 5.10. The van der Waals surface area contributed by atoms with Crippen LogP contribution in [0.15, 0.2) is 24.3 Å². The van der Waals surface area contributed by atoms with Crippen molar-refractivity contribution in [3.8, 4) is 6.07 Å². The Morgan fingerprint density at radius 2 is 2.36 bits per heavy atom. The average Bonchev–Trinajstić information content (AvgIpc) is 2.55. The van der Waals surface area contributed by atoms with Gasteiger partial charge in [0.2, 0.25) is 0 Å². The van der Waals surface area contributed by atoms with Crippen molar-refractivity contribution in [2.45, 2.75) is 38.1 Å². The molecule has 22 heavy (non-hydrogen) atoms. The Bertz CT molecular complexity index is 539. The van der Waals surface area contributed by atoms with E-state index >= 15 is 0 Å². The number of nitrogens with zero attached hydrogens (tertiary/aromatic N) is 2. The second-order valence-electron chi connectivity index (χ2n) is 5.60. The number of amides is 2. The summed E-state index contributed by atoms with van der Waals surface area (Å²) in [6.45, 7) is 1.53. The number of nitrogens with one attached hydrogen (secondary N) is 1. The number of hydrogen-bond acceptors (Lipinski definition) is 3. The second-order valence-corrected chi connectivity index (χ2v) is 5.60. The lowest BCUT2D eigenvalue weighted by molar-refractivity contribution is 0.141. The van der Waals surface area contributed by atoms with E-state index in [0.717, 1.165) is 38.8 Å². The Balaban J connectivity index is 1.97. The highest BCUT2D eigenvalue weighted by Gasteiger charge is 2.26. The van der Waals surface area contributed by atoms with Crippen LogP contribution in [0.4, 0.5) is 10.5 Å². The molecule has 0 aliphatic carbocycles. The SMILES string of the molecule is COCCCC1CCCCN1C(=O)Nc1cccc(C#N)c1. The molecule has 0 bridgehead atoms. The van der Waals surface area contributed by atoms with Crippen molar-refractivity contribution in [2.24, 2.45) is 0 Å². The molecule has 1 aromatic rings. The van der Waals surface area contributed by atoms with E-state index in [1.54, 1.807) is 25.3 Å².